The molecule has 1 rings (SSSR count). The van der Waals surface area contributed by atoms with Gasteiger partial charge in [0.25, 0.3) is 0 Å². The lowest BCUT2D eigenvalue weighted by Crippen LogP contribution is -2.45. The normalized spacial score (nSPS) is 37.0. The van der Waals surface area contributed by atoms with Crippen LogP contribution in [0.2, 0.25) is 0 Å². The first-order valence-corrected chi connectivity index (χ1v) is 5.05. The molecule has 0 spiro atoms. The van der Waals surface area contributed by atoms with E-state index in [1.807, 2.05) is 0 Å². The van der Waals surface area contributed by atoms with E-state index in [9.17, 15) is 4.79 Å². The fraction of sp³-hybridized carbons (Fsp3) is 0.900. The Kier molecular flexibility index (Phi) is 3.31. The summed E-state index contributed by atoms with van der Waals surface area (Å²) >= 11 is 0. The van der Waals surface area contributed by atoms with Crippen LogP contribution >= 0.6 is 0 Å². The van der Waals surface area contributed by atoms with Gasteiger partial charge in [-0.25, -0.2) is 0 Å². The Morgan fingerprint density at radius 1 is 1.23 bits per heavy atom. The summed E-state index contributed by atoms with van der Waals surface area (Å²) in [4.78, 5) is 10.9. The van der Waals surface area contributed by atoms with Crippen molar-refractivity contribution in [2.24, 2.45) is 29.2 Å². The summed E-state index contributed by atoms with van der Waals surface area (Å²) in [5.41, 5.74) is 10.9. The van der Waals surface area contributed by atoms with Crippen molar-refractivity contribution in [3.05, 3.63) is 0 Å². The second kappa shape index (κ2) is 4.09. The molecule has 1 aliphatic carbocycles. The van der Waals surface area contributed by atoms with Gasteiger partial charge in [-0.1, -0.05) is 13.8 Å². The quantitative estimate of drug-likeness (QED) is 0.668. The fourth-order valence-corrected chi connectivity index (χ4v) is 2.53. The Labute approximate surface area is 79.9 Å². The summed E-state index contributed by atoms with van der Waals surface area (Å²) in [5, 5.41) is 0. The van der Waals surface area contributed by atoms with E-state index in [0.717, 1.165) is 12.8 Å². The van der Waals surface area contributed by atoms with Gasteiger partial charge < -0.3 is 11.5 Å². The molecule has 0 bridgehead atoms. The van der Waals surface area contributed by atoms with E-state index >= 15 is 0 Å². The van der Waals surface area contributed by atoms with Gasteiger partial charge in [-0.2, -0.15) is 0 Å². The zero-order valence-electron chi connectivity index (χ0n) is 8.49. The van der Waals surface area contributed by atoms with E-state index in [1.165, 1.54) is 6.42 Å². The Bertz CT molecular complexity index is 183. The SMILES string of the molecule is CC1CC(C)CC(C(N)C(N)=O)C1. The van der Waals surface area contributed by atoms with Gasteiger partial charge in [0.15, 0.2) is 0 Å². The smallest absolute Gasteiger partial charge is 0.234 e. The van der Waals surface area contributed by atoms with Crippen LogP contribution in [0.3, 0.4) is 0 Å². The van der Waals surface area contributed by atoms with E-state index < -0.39 is 6.04 Å². The van der Waals surface area contributed by atoms with Gasteiger partial charge in [0.2, 0.25) is 5.91 Å². The van der Waals surface area contributed by atoms with E-state index in [4.69, 9.17) is 11.5 Å². The molecule has 0 heterocycles. The molecule has 0 aliphatic heterocycles. The third kappa shape index (κ3) is 2.69. The van der Waals surface area contributed by atoms with Crippen LogP contribution in [0.5, 0.6) is 0 Å². The van der Waals surface area contributed by atoms with Crippen molar-refractivity contribution < 1.29 is 4.79 Å². The molecule has 1 amide bonds. The number of amides is 1. The van der Waals surface area contributed by atoms with Crippen LogP contribution in [-0.4, -0.2) is 11.9 Å². The van der Waals surface area contributed by atoms with Crippen molar-refractivity contribution >= 4 is 5.91 Å². The summed E-state index contributed by atoms with van der Waals surface area (Å²) in [6.07, 6.45) is 3.35. The number of carbonyl (C=O) groups excluding carboxylic acids is 1. The Balaban J connectivity index is 2.54. The van der Waals surface area contributed by atoms with Crippen molar-refractivity contribution in [1.82, 2.24) is 0 Å². The molecule has 3 heteroatoms. The van der Waals surface area contributed by atoms with Crippen LogP contribution in [0.15, 0.2) is 0 Å². The minimum absolute atomic E-state index is 0.302. The molecule has 0 aromatic heterocycles. The molecule has 1 aliphatic rings. The Morgan fingerprint density at radius 2 is 1.69 bits per heavy atom. The second-order valence-electron chi connectivity index (χ2n) is 4.61. The molecule has 0 aromatic rings. The van der Waals surface area contributed by atoms with Gasteiger partial charge in [0, 0.05) is 0 Å². The maximum Gasteiger partial charge on any atom is 0.234 e. The highest BCUT2D eigenvalue weighted by atomic mass is 16.1. The van der Waals surface area contributed by atoms with Gasteiger partial charge in [0.1, 0.15) is 0 Å². The van der Waals surface area contributed by atoms with Crippen LogP contribution in [0.4, 0.5) is 0 Å². The van der Waals surface area contributed by atoms with E-state index in [-0.39, 0.29) is 5.91 Å². The van der Waals surface area contributed by atoms with Crippen LogP contribution in [0.1, 0.15) is 33.1 Å². The number of hydrogen-bond acceptors (Lipinski definition) is 2. The zero-order valence-corrected chi connectivity index (χ0v) is 8.49. The minimum atomic E-state index is -0.440. The van der Waals surface area contributed by atoms with Gasteiger partial charge in [-0.3, -0.25) is 4.79 Å². The number of hydrogen-bond donors (Lipinski definition) is 2. The minimum Gasteiger partial charge on any atom is -0.368 e. The first-order valence-electron chi connectivity index (χ1n) is 5.05. The third-order valence-corrected chi connectivity index (χ3v) is 3.05. The molecule has 3 nitrogen and oxygen atoms in total. The predicted octanol–water partition coefficient (Wildman–Crippen LogP) is 0.871. The molecule has 0 aromatic carbocycles. The van der Waals surface area contributed by atoms with Gasteiger partial charge >= 0.3 is 0 Å². The molecule has 0 radical (unpaired) electrons. The molecular weight excluding hydrogens is 164 g/mol. The van der Waals surface area contributed by atoms with Gasteiger partial charge in [0.05, 0.1) is 6.04 Å². The molecule has 1 fully saturated rings. The van der Waals surface area contributed by atoms with Crippen molar-refractivity contribution in [1.29, 1.82) is 0 Å². The molecule has 13 heavy (non-hydrogen) atoms. The maximum atomic E-state index is 10.9. The first kappa shape index (κ1) is 10.5. The molecular formula is C10H20N2O. The standard InChI is InChI=1S/C10H20N2O/c1-6-3-7(2)5-8(4-6)9(11)10(12)13/h6-9H,3-5,11H2,1-2H3,(H2,12,13). The van der Waals surface area contributed by atoms with Crippen molar-refractivity contribution in [2.45, 2.75) is 39.2 Å². The lowest BCUT2D eigenvalue weighted by atomic mass is 9.74. The van der Waals surface area contributed by atoms with Gasteiger partial charge in [-0.15, -0.1) is 0 Å². The van der Waals surface area contributed by atoms with E-state index in [2.05, 4.69) is 13.8 Å². The van der Waals surface area contributed by atoms with E-state index in [1.54, 1.807) is 0 Å². The maximum absolute atomic E-state index is 10.9. The van der Waals surface area contributed by atoms with Crippen molar-refractivity contribution in [3.63, 3.8) is 0 Å². The average molecular weight is 184 g/mol. The van der Waals surface area contributed by atoms with Crippen LogP contribution in [-0.2, 0) is 4.79 Å². The summed E-state index contributed by atoms with van der Waals surface area (Å²) in [6.45, 7) is 4.44. The average Bonchev–Trinajstić information content (AvgIpc) is 2.01. The fourth-order valence-electron chi connectivity index (χ4n) is 2.53. The predicted molar refractivity (Wildman–Crippen MR) is 52.8 cm³/mol. The molecule has 76 valence electrons. The number of carbonyl (C=O) groups is 1. The monoisotopic (exact) mass is 184 g/mol. The number of nitrogens with two attached hydrogens (primary N) is 2. The third-order valence-electron chi connectivity index (χ3n) is 3.05. The highest BCUT2D eigenvalue weighted by Crippen LogP contribution is 2.33. The molecule has 4 N–H and O–H groups in total. The number of primary amides is 1. The molecule has 3 atom stereocenters. The summed E-state index contributed by atoms with van der Waals surface area (Å²) in [5.74, 6) is 1.31. The lowest BCUT2D eigenvalue weighted by Gasteiger charge is -2.33. The first-order chi connectivity index (χ1) is 6.00. The number of rotatable bonds is 2. The summed E-state index contributed by atoms with van der Waals surface area (Å²) in [6, 6.07) is -0.440. The topological polar surface area (TPSA) is 69.1 Å². The summed E-state index contributed by atoms with van der Waals surface area (Å²) in [7, 11) is 0. The highest BCUT2D eigenvalue weighted by molar-refractivity contribution is 5.79. The molecule has 1 saturated carbocycles. The Morgan fingerprint density at radius 3 is 2.08 bits per heavy atom. The van der Waals surface area contributed by atoms with Crippen LogP contribution in [0.25, 0.3) is 0 Å². The van der Waals surface area contributed by atoms with Crippen LogP contribution in [0, 0.1) is 17.8 Å². The Hall–Kier alpha value is -0.570. The highest BCUT2D eigenvalue weighted by Gasteiger charge is 2.30. The van der Waals surface area contributed by atoms with Crippen molar-refractivity contribution in [2.75, 3.05) is 0 Å². The molecule has 0 saturated heterocycles. The summed E-state index contributed by atoms with van der Waals surface area (Å²) < 4.78 is 0. The van der Waals surface area contributed by atoms with Crippen LogP contribution < -0.4 is 11.5 Å². The molecule has 3 unspecified atom stereocenters. The second-order valence-corrected chi connectivity index (χ2v) is 4.61. The van der Waals surface area contributed by atoms with Crippen molar-refractivity contribution in [3.8, 4) is 0 Å². The largest absolute Gasteiger partial charge is 0.368 e. The van der Waals surface area contributed by atoms with Gasteiger partial charge in [-0.05, 0) is 37.0 Å². The van der Waals surface area contributed by atoms with E-state index in [0.29, 0.717) is 17.8 Å². The lowest BCUT2D eigenvalue weighted by molar-refractivity contribution is -0.120. The zero-order chi connectivity index (χ0) is 10.0.